The topological polar surface area (TPSA) is 46.5 Å². The Hall–Kier alpha value is -2.26. The molecule has 0 aromatic heterocycles. The maximum atomic E-state index is 12.5. The van der Waals surface area contributed by atoms with Crippen molar-refractivity contribution in [3.63, 3.8) is 0 Å². The number of fused-ring (bicyclic) bond motifs is 1. The molecule has 0 heterocycles. The van der Waals surface area contributed by atoms with Crippen LogP contribution in [-0.2, 0) is 6.42 Å². The number of phenols is 1. The van der Waals surface area contributed by atoms with Crippen LogP contribution in [0.5, 0.6) is 11.5 Å². The summed E-state index contributed by atoms with van der Waals surface area (Å²) in [7, 11) is 1.46. The minimum atomic E-state index is -0.0911. The van der Waals surface area contributed by atoms with Gasteiger partial charge in [-0.15, -0.1) is 0 Å². The van der Waals surface area contributed by atoms with Gasteiger partial charge in [0.25, 0.3) is 0 Å². The smallest absolute Gasteiger partial charge is 0.189 e. The van der Waals surface area contributed by atoms with Crippen LogP contribution in [0.25, 0.3) is 6.08 Å². The predicted octanol–water partition coefficient (Wildman–Crippen LogP) is 4.27. The zero-order valence-electron chi connectivity index (χ0n) is 12.1. The molecule has 0 saturated carbocycles. The molecule has 0 bridgehead atoms. The summed E-state index contributed by atoms with van der Waals surface area (Å²) in [6, 6.07) is 11.0. The lowest BCUT2D eigenvalue weighted by atomic mass is 9.86. The summed E-state index contributed by atoms with van der Waals surface area (Å²) in [5.74, 6) is 0.250. The lowest BCUT2D eigenvalue weighted by molar-refractivity contribution is 0.102. The molecule has 0 saturated heterocycles. The highest BCUT2D eigenvalue weighted by molar-refractivity contribution is 6.32. The molecule has 4 heteroatoms. The van der Waals surface area contributed by atoms with Crippen molar-refractivity contribution in [3.8, 4) is 11.5 Å². The fourth-order valence-electron chi connectivity index (χ4n) is 2.69. The number of ether oxygens (including phenoxy) is 1. The fourth-order valence-corrected chi connectivity index (χ4v) is 2.91. The molecule has 2 aromatic carbocycles. The summed E-state index contributed by atoms with van der Waals surface area (Å²) in [4.78, 5) is 12.5. The van der Waals surface area contributed by atoms with Gasteiger partial charge in [-0.3, -0.25) is 4.79 Å². The molecule has 0 amide bonds. The second-order valence-corrected chi connectivity index (χ2v) is 5.62. The molecule has 1 aliphatic rings. The second kappa shape index (κ2) is 5.85. The summed E-state index contributed by atoms with van der Waals surface area (Å²) in [6.07, 6.45) is 3.35. The zero-order valence-corrected chi connectivity index (χ0v) is 12.9. The number of Topliss-reactive ketones (excluding diaryl/α,β-unsaturated/α-hetero) is 1. The SMILES string of the molecule is COc1cc(C=C2CCc3ccccc3C2=O)cc(Cl)c1O. The summed E-state index contributed by atoms with van der Waals surface area (Å²) >= 11 is 5.99. The van der Waals surface area contributed by atoms with E-state index in [2.05, 4.69) is 0 Å². The molecule has 0 spiro atoms. The Morgan fingerprint density at radius 1 is 1.23 bits per heavy atom. The minimum Gasteiger partial charge on any atom is -0.503 e. The maximum absolute atomic E-state index is 12.5. The van der Waals surface area contributed by atoms with Gasteiger partial charge < -0.3 is 9.84 Å². The molecule has 0 fully saturated rings. The fraction of sp³-hybridized carbons (Fsp3) is 0.167. The van der Waals surface area contributed by atoms with Crippen LogP contribution in [0.4, 0.5) is 0 Å². The van der Waals surface area contributed by atoms with E-state index in [0.29, 0.717) is 12.2 Å². The molecule has 3 rings (SSSR count). The number of benzene rings is 2. The number of methoxy groups -OCH3 is 1. The molecular formula is C18H15ClO3. The van der Waals surface area contributed by atoms with Gasteiger partial charge in [0.05, 0.1) is 12.1 Å². The molecule has 0 unspecified atom stereocenters. The Morgan fingerprint density at radius 2 is 2.00 bits per heavy atom. The number of ketones is 1. The van der Waals surface area contributed by atoms with E-state index in [1.165, 1.54) is 7.11 Å². The van der Waals surface area contributed by atoms with E-state index in [4.69, 9.17) is 16.3 Å². The zero-order chi connectivity index (χ0) is 15.7. The maximum Gasteiger partial charge on any atom is 0.189 e. The average molecular weight is 315 g/mol. The van der Waals surface area contributed by atoms with E-state index < -0.39 is 0 Å². The predicted molar refractivity (Wildman–Crippen MR) is 86.7 cm³/mol. The van der Waals surface area contributed by atoms with Crippen molar-refractivity contribution in [3.05, 3.63) is 63.7 Å². The van der Waals surface area contributed by atoms with Crippen molar-refractivity contribution in [2.45, 2.75) is 12.8 Å². The number of carbonyl (C=O) groups excluding carboxylic acids is 1. The summed E-state index contributed by atoms with van der Waals surface area (Å²) in [5, 5.41) is 9.97. The Kier molecular flexibility index (Phi) is 3.90. The number of carbonyl (C=O) groups is 1. The van der Waals surface area contributed by atoms with Crippen LogP contribution in [0, 0.1) is 0 Å². The standard InChI is InChI=1S/C18H15ClO3/c1-22-16-10-11(9-15(19)18(16)21)8-13-7-6-12-4-2-3-5-14(12)17(13)20/h2-5,8-10,21H,6-7H2,1H3. The van der Waals surface area contributed by atoms with Gasteiger partial charge in [-0.2, -0.15) is 0 Å². The summed E-state index contributed by atoms with van der Waals surface area (Å²) in [6.45, 7) is 0. The van der Waals surface area contributed by atoms with Crippen LogP contribution in [0.3, 0.4) is 0 Å². The van der Waals surface area contributed by atoms with Crippen LogP contribution in [0.1, 0.15) is 27.9 Å². The van der Waals surface area contributed by atoms with E-state index >= 15 is 0 Å². The number of halogens is 1. The van der Waals surface area contributed by atoms with Gasteiger partial charge in [0.1, 0.15) is 0 Å². The van der Waals surface area contributed by atoms with Crippen LogP contribution in [0.2, 0.25) is 5.02 Å². The van der Waals surface area contributed by atoms with E-state index in [1.54, 1.807) is 12.1 Å². The normalized spacial score (nSPS) is 15.7. The number of hydrogen-bond donors (Lipinski definition) is 1. The Labute approximate surface area is 133 Å². The number of hydrogen-bond acceptors (Lipinski definition) is 3. The van der Waals surface area contributed by atoms with Crippen molar-refractivity contribution in [2.24, 2.45) is 0 Å². The number of phenolic OH excluding ortho intramolecular Hbond substituents is 1. The molecule has 112 valence electrons. The largest absolute Gasteiger partial charge is 0.503 e. The molecule has 0 aliphatic heterocycles. The monoisotopic (exact) mass is 314 g/mol. The van der Waals surface area contributed by atoms with Gasteiger partial charge in [0.15, 0.2) is 17.3 Å². The van der Waals surface area contributed by atoms with Crippen molar-refractivity contribution < 1.29 is 14.6 Å². The number of allylic oxidation sites excluding steroid dienone is 1. The molecule has 0 atom stereocenters. The highest BCUT2D eigenvalue weighted by atomic mass is 35.5. The van der Waals surface area contributed by atoms with E-state index in [1.807, 2.05) is 30.3 Å². The van der Waals surface area contributed by atoms with Crippen molar-refractivity contribution in [2.75, 3.05) is 7.11 Å². The van der Waals surface area contributed by atoms with Gasteiger partial charge in [-0.1, -0.05) is 35.9 Å². The van der Waals surface area contributed by atoms with Crippen molar-refractivity contribution in [1.29, 1.82) is 0 Å². The van der Waals surface area contributed by atoms with Gasteiger partial charge in [-0.05, 0) is 42.2 Å². The lowest BCUT2D eigenvalue weighted by Gasteiger charge is -2.17. The molecule has 1 aliphatic carbocycles. The third-order valence-corrected chi connectivity index (χ3v) is 4.12. The first-order valence-corrected chi connectivity index (χ1v) is 7.37. The van der Waals surface area contributed by atoms with E-state index in [0.717, 1.165) is 28.7 Å². The Balaban J connectivity index is 2.00. The van der Waals surface area contributed by atoms with Crippen LogP contribution >= 0.6 is 11.6 Å². The minimum absolute atomic E-state index is 0.0463. The molecule has 1 N–H and O–H groups in total. The van der Waals surface area contributed by atoms with Gasteiger partial charge in [-0.25, -0.2) is 0 Å². The van der Waals surface area contributed by atoms with Crippen molar-refractivity contribution in [1.82, 2.24) is 0 Å². The van der Waals surface area contributed by atoms with Gasteiger partial charge in [0, 0.05) is 11.1 Å². The number of aromatic hydroxyl groups is 1. The molecular weight excluding hydrogens is 300 g/mol. The quantitative estimate of drug-likeness (QED) is 0.842. The second-order valence-electron chi connectivity index (χ2n) is 5.21. The van der Waals surface area contributed by atoms with Crippen molar-refractivity contribution >= 4 is 23.5 Å². The summed E-state index contributed by atoms with van der Waals surface area (Å²) < 4.78 is 5.09. The molecule has 22 heavy (non-hydrogen) atoms. The first kappa shape index (κ1) is 14.7. The third-order valence-electron chi connectivity index (χ3n) is 3.83. The first-order chi connectivity index (χ1) is 10.6. The van der Waals surface area contributed by atoms with Crippen LogP contribution in [-0.4, -0.2) is 18.0 Å². The lowest BCUT2D eigenvalue weighted by Crippen LogP contribution is -2.13. The molecule has 0 radical (unpaired) electrons. The van der Waals surface area contributed by atoms with Crippen LogP contribution in [0.15, 0.2) is 42.0 Å². The van der Waals surface area contributed by atoms with Gasteiger partial charge in [0.2, 0.25) is 0 Å². The third kappa shape index (κ3) is 2.60. The van der Waals surface area contributed by atoms with E-state index in [-0.39, 0.29) is 16.6 Å². The molecule has 2 aromatic rings. The average Bonchev–Trinajstić information content (AvgIpc) is 2.53. The van der Waals surface area contributed by atoms with E-state index in [9.17, 15) is 9.90 Å². The Bertz CT molecular complexity index is 778. The highest BCUT2D eigenvalue weighted by Crippen LogP contribution is 2.36. The first-order valence-electron chi connectivity index (χ1n) is 7.00. The van der Waals surface area contributed by atoms with Crippen LogP contribution < -0.4 is 4.74 Å². The number of rotatable bonds is 2. The molecule has 3 nitrogen and oxygen atoms in total. The number of aryl methyl sites for hydroxylation is 1. The Morgan fingerprint density at radius 3 is 2.77 bits per heavy atom. The highest BCUT2D eigenvalue weighted by Gasteiger charge is 2.21. The van der Waals surface area contributed by atoms with Gasteiger partial charge >= 0.3 is 0 Å². The summed E-state index contributed by atoms with van der Waals surface area (Å²) in [5.41, 5.74) is 3.33.